The van der Waals surface area contributed by atoms with E-state index in [0.29, 0.717) is 17.7 Å². The summed E-state index contributed by atoms with van der Waals surface area (Å²) >= 11 is 3.43. The minimum absolute atomic E-state index is 0.0265. The van der Waals surface area contributed by atoms with Crippen molar-refractivity contribution in [2.24, 2.45) is 0 Å². The van der Waals surface area contributed by atoms with Gasteiger partial charge in [-0.15, -0.1) is 0 Å². The molecule has 2 nitrogen and oxygen atoms in total. The Morgan fingerprint density at radius 2 is 1.74 bits per heavy atom. The Balaban J connectivity index is 2.25. The van der Waals surface area contributed by atoms with Gasteiger partial charge in [0.25, 0.3) is 0 Å². The van der Waals surface area contributed by atoms with Crippen molar-refractivity contribution in [3.63, 3.8) is 0 Å². The normalized spacial score (nSPS) is 10.3. The monoisotopic (exact) mass is 318 g/mol. The van der Waals surface area contributed by atoms with Gasteiger partial charge < -0.3 is 4.74 Å². The van der Waals surface area contributed by atoms with E-state index in [2.05, 4.69) is 15.9 Å². The van der Waals surface area contributed by atoms with Crippen molar-refractivity contribution in [3.8, 4) is 5.75 Å². The van der Waals surface area contributed by atoms with Crippen LogP contribution in [0.5, 0.6) is 5.75 Å². The SMILES string of the molecule is CCOc1ccc(C(=O)c2ccc(Br)c(C)c2)cc1. The Kier molecular flexibility index (Phi) is 4.38. The molecule has 2 rings (SSSR count). The van der Waals surface area contributed by atoms with E-state index in [1.807, 2.05) is 44.2 Å². The molecule has 2 aromatic carbocycles. The van der Waals surface area contributed by atoms with Crippen molar-refractivity contribution in [2.75, 3.05) is 6.61 Å². The Morgan fingerprint density at radius 3 is 2.32 bits per heavy atom. The van der Waals surface area contributed by atoms with Crippen LogP contribution in [0.4, 0.5) is 0 Å². The predicted molar refractivity (Wildman–Crippen MR) is 79.9 cm³/mol. The fourth-order valence-electron chi connectivity index (χ4n) is 1.82. The van der Waals surface area contributed by atoms with Crippen LogP contribution in [-0.2, 0) is 0 Å². The molecule has 0 radical (unpaired) electrons. The number of halogens is 1. The van der Waals surface area contributed by atoms with E-state index in [0.717, 1.165) is 15.8 Å². The van der Waals surface area contributed by atoms with E-state index >= 15 is 0 Å². The third-order valence-electron chi connectivity index (χ3n) is 2.85. The van der Waals surface area contributed by atoms with Gasteiger partial charge in [-0.2, -0.15) is 0 Å². The highest BCUT2D eigenvalue weighted by molar-refractivity contribution is 9.10. The first-order valence-electron chi connectivity index (χ1n) is 6.15. The zero-order chi connectivity index (χ0) is 13.8. The zero-order valence-electron chi connectivity index (χ0n) is 10.9. The molecule has 2 aromatic rings. The van der Waals surface area contributed by atoms with E-state index < -0.39 is 0 Å². The molecule has 0 saturated carbocycles. The number of hydrogen-bond acceptors (Lipinski definition) is 2. The molecule has 19 heavy (non-hydrogen) atoms. The maximum Gasteiger partial charge on any atom is 0.193 e. The summed E-state index contributed by atoms with van der Waals surface area (Å²) in [6, 6.07) is 12.9. The van der Waals surface area contributed by atoms with Crippen molar-refractivity contribution in [1.29, 1.82) is 0 Å². The lowest BCUT2D eigenvalue weighted by Crippen LogP contribution is -2.02. The van der Waals surface area contributed by atoms with Crippen LogP contribution >= 0.6 is 15.9 Å². The predicted octanol–water partition coefficient (Wildman–Crippen LogP) is 4.39. The third kappa shape index (κ3) is 3.24. The van der Waals surface area contributed by atoms with Crippen LogP contribution in [0.3, 0.4) is 0 Å². The quantitative estimate of drug-likeness (QED) is 0.782. The van der Waals surface area contributed by atoms with Crippen molar-refractivity contribution in [1.82, 2.24) is 0 Å². The third-order valence-corrected chi connectivity index (χ3v) is 3.74. The fraction of sp³-hybridized carbons (Fsp3) is 0.188. The van der Waals surface area contributed by atoms with Crippen molar-refractivity contribution >= 4 is 21.7 Å². The number of carbonyl (C=O) groups is 1. The Labute approximate surface area is 121 Å². The van der Waals surface area contributed by atoms with Crippen molar-refractivity contribution < 1.29 is 9.53 Å². The highest BCUT2D eigenvalue weighted by Gasteiger charge is 2.10. The highest BCUT2D eigenvalue weighted by Crippen LogP contribution is 2.20. The van der Waals surface area contributed by atoms with Crippen LogP contribution in [0.25, 0.3) is 0 Å². The molecule has 0 N–H and O–H groups in total. The lowest BCUT2D eigenvalue weighted by Gasteiger charge is -2.06. The van der Waals surface area contributed by atoms with E-state index in [4.69, 9.17) is 4.74 Å². The molecule has 0 spiro atoms. The number of aryl methyl sites for hydroxylation is 1. The first kappa shape index (κ1) is 13.8. The molecule has 0 unspecified atom stereocenters. The molecule has 0 amide bonds. The summed E-state index contributed by atoms with van der Waals surface area (Å²) < 4.78 is 6.37. The van der Waals surface area contributed by atoms with Gasteiger partial charge in [0.2, 0.25) is 0 Å². The Hall–Kier alpha value is -1.61. The summed E-state index contributed by atoms with van der Waals surface area (Å²) in [4.78, 5) is 12.3. The van der Waals surface area contributed by atoms with Gasteiger partial charge in [-0.1, -0.05) is 15.9 Å². The topological polar surface area (TPSA) is 26.3 Å². The summed E-state index contributed by atoms with van der Waals surface area (Å²) in [6.45, 7) is 4.53. The lowest BCUT2D eigenvalue weighted by molar-refractivity contribution is 0.103. The molecule has 0 fully saturated rings. The van der Waals surface area contributed by atoms with Gasteiger partial charge in [0.05, 0.1) is 6.61 Å². The van der Waals surface area contributed by atoms with E-state index in [1.54, 1.807) is 12.1 Å². The van der Waals surface area contributed by atoms with Crippen LogP contribution in [0, 0.1) is 6.92 Å². The Bertz CT molecular complexity index is 588. The molecule has 3 heteroatoms. The maximum atomic E-state index is 12.3. The summed E-state index contributed by atoms with van der Waals surface area (Å²) in [6.07, 6.45) is 0. The number of hydrogen-bond donors (Lipinski definition) is 0. The number of rotatable bonds is 4. The number of ether oxygens (including phenoxy) is 1. The summed E-state index contributed by atoms with van der Waals surface area (Å²) in [7, 11) is 0. The number of carbonyl (C=O) groups excluding carboxylic acids is 1. The van der Waals surface area contributed by atoms with Gasteiger partial charge in [0.15, 0.2) is 5.78 Å². The van der Waals surface area contributed by atoms with Crippen molar-refractivity contribution in [2.45, 2.75) is 13.8 Å². The van der Waals surface area contributed by atoms with Crippen LogP contribution in [0.15, 0.2) is 46.9 Å². The molecule has 0 aliphatic rings. The van der Waals surface area contributed by atoms with Crippen LogP contribution in [0.2, 0.25) is 0 Å². The molecule has 98 valence electrons. The summed E-state index contributed by atoms with van der Waals surface area (Å²) in [5.74, 6) is 0.810. The fourth-order valence-corrected chi connectivity index (χ4v) is 2.07. The van der Waals surface area contributed by atoms with E-state index in [-0.39, 0.29) is 5.78 Å². The number of benzene rings is 2. The maximum absolute atomic E-state index is 12.3. The molecule has 0 aliphatic heterocycles. The lowest BCUT2D eigenvalue weighted by atomic mass is 10.0. The van der Waals surface area contributed by atoms with Gasteiger partial charge in [0, 0.05) is 15.6 Å². The molecule has 0 atom stereocenters. The average molecular weight is 319 g/mol. The zero-order valence-corrected chi connectivity index (χ0v) is 12.5. The minimum atomic E-state index is 0.0265. The van der Waals surface area contributed by atoms with Crippen molar-refractivity contribution in [3.05, 3.63) is 63.6 Å². The van der Waals surface area contributed by atoms with Crippen LogP contribution in [0.1, 0.15) is 28.4 Å². The molecular formula is C16H15BrO2. The van der Waals surface area contributed by atoms with Gasteiger partial charge >= 0.3 is 0 Å². The van der Waals surface area contributed by atoms with Gasteiger partial charge in [0.1, 0.15) is 5.75 Å². The second-order valence-corrected chi connectivity index (χ2v) is 5.10. The minimum Gasteiger partial charge on any atom is -0.494 e. The largest absolute Gasteiger partial charge is 0.494 e. The van der Waals surface area contributed by atoms with Crippen LogP contribution in [-0.4, -0.2) is 12.4 Å². The van der Waals surface area contributed by atoms with Gasteiger partial charge in [-0.3, -0.25) is 4.79 Å². The first-order chi connectivity index (χ1) is 9.11. The molecular weight excluding hydrogens is 304 g/mol. The standard InChI is InChI=1S/C16H15BrO2/c1-3-19-14-7-4-12(5-8-14)16(18)13-6-9-15(17)11(2)10-13/h4-10H,3H2,1-2H3. The Morgan fingerprint density at radius 1 is 1.11 bits per heavy atom. The molecule has 0 aromatic heterocycles. The average Bonchev–Trinajstić information content (AvgIpc) is 2.42. The highest BCUT2D eigenvalue weighted by atomic mass is 79.9. The molecule has 0 aliphatic carbocycles. The number of ketones is 1. The van der Waals surface area contributed by atoms with E-state index in [1.165, 1.54) is 0 Å². The molecule has 0 bridgehead atoms. The smallest absolute Gasteiger partial charge is 0.193 e. The second-order valence-electron chi connectivity index (χ2n) is 4.25. The van der Waals surface area contributed by atoms with Crippen LogP contribution < -0.4 is 4.74 Å². The molecule has 0 heterocycles. The first-order valence-corrected chi connectivity index (χ1v) is 6.95. The molecule has 0 saturated heterocycles. The van der Waals surface area contributed by atoms with E-state index in [9.17, 15) is 4.79 Å². The van der Waals surface area contributed by atoms with Gasteiger partial charge in [-0.25, -0.2) is 0 Å². The van der Waals surface area contributed by atoms with Gasteiger partial charge in [-0.05, 0) is 61.9 Å². The summed E-state index contributed by atoms with van der Waals surface area (Å²) in [5.41, 5.74) is 2.42. The summed E-state index contributed by atoms with van der Waals surface area (Å²) in [5, 5.41) is 0. The second kappa shape index (κ2) is 6.02.